The molecule has 0 unspecified atom stereocenters. The number of hydrogen-bond donors (Lipinski definition) is 1. The average molecular weight is 220 g/mol. The molecule has 0 aromatic carbocycles. The molecule has 54 valence electrons. The molecule has 1 aromatic heterocycles. The Morgan fingerprint density at radius 3 is 2.80 bits per heavy atom. The van der Waals surface area contributed by atoms with Gasteiger partial charge in [0.25, 0.3) is 5.91 Å². The van der Waals surface area contributed by atoms with Crippen LogP contribution in [0.15, 0.2) is 15.9 Å². The van der Waals surface area contributed by atoms with Crippen LogP contribution < -0.4 is 5.32 Å². The number of rotatable bonds is 1. The van der Waals surface area contributed by atoms with Crippen molar-refractivity contribution >= 4 is 33.2 Å². The summed E-state index contributed by atoms with van der Waals surface area (Å²) in [6.07, 6.45) is 0. The molecule has 1 amide bonds. The fourth-order valence-corrected chi connectivity index (χ4v) is 1.89. The lowest BCUT2D eigenvalue weighted by atomic mass is 10.4. The molecule has 1 heterocycles. The molecule has 0 aliphatic heterocycles. The van der Waals surface area contributed by atoms with E-state index in [9.17, 15) is 4.79 Å². The van der Waals surface area contributed by atoms with Crippen LogP contribution in [0.3, 0.4) is 0 Å². The SMILES string of the molecule is CNC(=O)c1ccc(Br)s1. The Labute approximate surface area is 71.4 Å². The molecule has 10 heavy (non-hydrogen) atoms. The summed E-state index contributed by atoms with van der Waals surface area (Å²) in [6, 6.07) is 3.64. The fraction of sp³-hybridized carbons (Fsp3) is 0.167. The first-order valence-electron chi connectivity index (χ1n) is 2.71. The van der Waals surface area contributed by atoms with Gasteiger partial charge in [-0.25, -0.2) is 0 Å². The first kappa shape index (κ1) is 7.75. The van der Waals surface area contributed by atoms with Gasteiger partial charge in [-0.05, 0) is 28.1 Å². The molecule has 0 spiro atoms. The van der Waals surface area contributed by atoms with Crippen LogP contribution >= 0.6 is 27.3 Å². The highest BCUT2D eigenvalue weighted by Crippen LogP contribution is 2.21. The number of carbonyl (C=O) groups excluding carboxylic acids is 1. The lowest BCUT2D eigenvalue weighted by Gasteiger charge is -1.90. The summed E-state index contributed by atoms with van der Waals surface area (Å²) in [5.41, 5.74) is 0. The van der Waals surface area contributed by atoms with Gasteiger partial charge in [0.1, 0.15) is 0 Å². The third kappa shape index (κ3) is 1.58. The van der Waals surface area contributed by atoms with Gasteiger partial charge in [-0.3, -0.25) is 4.79 Å². The van der Waals surface area contributed by atoms with Gasteiger partial charge in [0.15, 0.2) is 0 Å². The van der Waals surface area contributed by atoms with Crippen LogP contribution in [0.2, 0.25) is 0 Å². The zero-order valence-corrected chi connectivity index (χ0v) is 7.75. The van der Waals surface area contributed by atoms with Crippen molar-refractivity contribution in [3.8, 4) is 0 Å². The van der Waals surface area contributed by atoms with Crippen LogP contribution in [-0.2, 0) is 0 Å². The van der Waals surface area contributed by atoms with Crippen molar-refractivity contribution in [3.05, 3.63) is 20.8 Å². The minimum absolute atomic E-state index is 0.0318. The second kappa shape index (κ2) is 3.16. The van der Waals surface area contributed by atoms with Gasteiger partial charge in [-0.2, -0.15) is 0 Å². The van der Waals surface area contributed by atoms with Crippen LogP contribution in [0.4, 0.5) is 0 Å². The summed E-state index contributed by atoms with van der Waals surface area (Å²) >= 11 is 4.69. The Bertz CT molecular complexity index is 246. The molecule has 0 saturated carbocycles. The Morgan fingerprint density at radius 1 is 1.70 bits per heavy atom. The predicted molar refractivity (Wildman–Crippen MR) is 45.4 cm³/mol. The van der Waals surface area contributed by atoms with Crippen molar-refractivity contribution in [3.63, 3.8) is 0 Å². The first-order valence-corrected chi connectivity index (χ1v) is 4.32. The van der Waals surface area contributed by atoms with Gasteiger partial charge < -0.3 is 5.32 Å². The zero-order chi connectivity index (χ0) is 7.56. The lowest BCUT2D eigenvalue weighted by molar-refractivity contribution is 0.0967. The molecule has 1 aromatic rings. The van der Waals surface area contributed by atoms with Crippen LogP contribution in [0.25, 0.3) is 0 Å². The van der Waals surface area contributed by atoms with E-state index >= 15 is 0 Å². The smallest absolute Gasteiger partial charge is 0.261 e. The van der Waals surface area contributed by atoms with E-state index in [1.807, 2.05) is 6.07 Å². The molecule has 0 saturated heterocycles. The molecule has 1 rings (SSSR count). The lowest BCUT2D eigenvalue weighted by Crippen LogP contribution is -2.15. The van der Waals surface area contributed by atoms with Crippen molar-refractivity contribution in [1.82, 2.24) is 5.32 Å². The second-order valence-corrected chi connectivity index (χ2v) is 4.15. The van der Waals surface area contributed by atoms with Gasteiger partial charge in [-0.1, -0.05) is 0 Å². The molecule has 0 fully saturated rings. The zero-order valence-electron chi connectivity index (χ0n) is 5.35. The average Bonchev–Trinajstić information content (AvgIpc) is 2.34. The molecule has 0 aliphatic carbocycles. The van der Waals surface area contributed by atoms with E-state index in [2.05, 4.69) is 21.2 Å². The summed E-state index contributed by atoms with van der Waals surface area (Å²) in [7, 11) is 1.62. The van der Waals surface area contributed by atoms with Gasteiger partial charge in [0.05, 0.1) is 8.66 Å². The van der Waals surface area contributed by atoms with Crippen molar-refractivity contribution < 1.29 is 4.79 Å². The highest BCUT2D eigenvalue weighted by molar-refractivity contribution is 9.11. The Hall–Kier alpha value is -0.350. The normalized spacial score (nSPS) is 9.40. The van der Waals surface area contributed by atoms with E-state index in [0.29, 0.717) is 0 Å². The number of carbonyl (C=O) groups is 1. The molecule has 0 aliphatic rings. The molecular weight excluding hydrogens is 214 g/mol. The summed E-state index contributed by atoms with van der Waals surface area (Å²) < 4.78 is 0.978. The number of nitrogens with one attached hydrogen (secondary N) is 1. The van der Waals surface area contributed by atoms with Crippen LogP contribution in [0, 0.1) is 0 Å². The topological polar surface area (TPSA) is 29.1 Å². The van der Waals surface area contributed by atoms with Crippen LogP contribution in [-0.4, -0.2) is 13.0 Å². The van der Waals surface area contributed by atoms with Gasteiger partial charge in [0, 0.05) is 7.05 Å². The summed E-state index contributed by atoms with van der Waals surface area (Å²) in [5, 5.41) is 2.55. The molecule has 0 radical (unpaired) electrons. The van der Waals surface area contributed by atoms with Gasteiger partial charge in [0.2, 0.25) is 0 Å². The van der Waals surface area contributed by atoms with E-state index in [1.54, 1.807) is 13.1 Å². The second-order valence-electron chi connectivity index (χ2n) is 1.68. The van der Waals surface area contributed by atoms with Crippen molar-refractivity contribution in [1.29, 1.82) is 0 Å². The Kier molecular flexibility index (Phi) is 2.45. The van der Waals surface area contributed by atoms with Gasteiger partial charge in [-0.15, -0.1) is 11.3 Å². The van der Waals surface area contributed by atoms with E-state index in [4.69, 9.17) is 0 Å². The maximum absolute atomic E-state index is 10.9. The maximum Gasteiger partial charge on any atom is 0.261 e. The van der Waals surface area contributed by atoms with Crippen molar-refractivity contribution in [2.24, 2.45) is 0 Å². The summed E-state index contributed by atoms with van der Waals surface area (Å²) in [6.45, 7) is 0. The standard InChI is InChI=1S/C6H6BrNOS/c1-8-6(9)4-2-3-5(7)10-4/h2-3H,1H3,(H,8,9). The minimum Gasteiger partial charge on any atom is -0.354 e. The summed E-state index contributed by atoms with van der Waals surface area (Å²) in [4.78, 5) is 11.6. The van der Waals surface area contributed by atoms with Crippen LogP contribution in [0.5, 0.6) is 0 Å². The van der Waals surface area contributed by atoms with Crippen molar-refractivity contribution in [2.75, 3.05) is 7.05 Å². The highest BCUT2D eigenvalue weighted by atomic mass is 79.9. The molecule has 0 atom stereocenters. The molecule has 1 N–H and O–H groups in total. The number of amides is 1. The maximum atomic E-state index is 10.9. The summed E-state index contributed by atoms with van der Waals surface area (Å²) in [5.74, 6) is -0.0318. The molecular formula is C6H6BrNOS. The molecule has 2 nitrogen and oxygen atoms in total. The van der Waals surface area contributed by atoms with Crippen LogP contribution in [0.1, 0.15) is 9.67 Å². The van der Waals surface area contributed by atoms with E-state index < -0.39 is 0 Å². The first-order chi connectivity index (χ1) is 4.74. The molecule has 4 heteroatoms. The largest absolute Gasteiger partial charge is 0.354 e. The number of hydrogen-bond acceptors (Lipinski definition) is 2. The minimum atomic E-state index is -0.0318. The van der Waals surface area contributed by atoms with E-state index in [1.165, 1.54) is 11.3 Å². The third-order valence-corrected chi connectivity index (χ3v) is 2.65. The quantitative estimate of drug-likeness (QED) is 0.769. The number of thiophene rings is 1. The Balaban J connectivity index is 2.85. The third-order valence-electron chi connectivity index (χ3n) is 1.02. The van der Waals surface area contributed by atoms with E-state index in [0.717, 1.165) is 8.66 Å². The Morgan fingerprint density at radius 2 is 2.40 bits per heavy atom. The number of halogens is 1. The highest BCUT2D eigenvalue weighted by Gasteiger charge is 2.04. The predicted octanol–water partition coefficient (Wildman–Crippen LogP) is 1.87. The molecule has 0 bridgehead atoms. The fourth-order valence-electron chi connectivity index (χ4n) is 0.560. The van der Waals surface area contributed by atoms with Gasteiger partial charge >= 0.3 is 0 Å². The monoisotopic (exact) mass is 219 g/mol. The van der Waals surface area contributed by atoms with E-state index in [-0.39, 0.29) is 5.91 Å². The van der Waals surface area contributed by atoms with Crippen molar-refractivity contribution in [2.45, 2.75) is 0 Å².